The molecule has 0 aliphatic carbocycles. The van der Waals surface area contributed by atoms with Gasteiger partial charge in [0.1, 0.15) is 22.7 Å². The Balaban J connectivity index is 3.06. The minimum atomic E-state index is -0.880. The molecule has 1 aromatic carbocycles. The van der Waals surface area contributed by atoms with Crippen LogP contribution >= 0.6 is 11.3 Å². The second kappa shape index (κ2) is 3.07. The highest BCUT2D eigenvalue weighted by Gasteiger charge is 2.18. The van der Waals surface area contributed by atoms with E-state index in [1.807, 2.05) is 0 Å². The van der Waals surface area contributed by atoms with Gasteiger partial charge in [-0.05, 0) is 0 Å². The Kier molecular flexibility index (Phi) is 1.98. The number of rotatable bonds is 0. The van der Waals surface area contributed by atoms with Gasteiger partial charge in [-0.2, -0.15) is 5.26 Å². The summed E-state index contributed by atoms with van der Waals surface area (Å²) in [5.41, 5.74) is 10.7. The van der Waals surface area contributed by atoms with Crippen molar-refractivity contribution in [2.75, 3.05) is 11.5 Å². The van der Waals surface area contributed by atoms with Gasteiger partial charge in [0.15, 0.2) is 0 Å². The number of nitrogens with zero attached hydrogens (tertiary/aromatic N) is 1. The van der Waals surface area contributed by atoms with Crippen LogP contribution in [0.3, 0.4) is 0 Å². The summed E-state index contributed by atoms with van der Waals surface area (Å²) in [5, 5.41) is 9.00. The van der Waals surface area contributed by atoms with Gasteiger partial charge in [-0.15, -0.1) is 11.3 Å². The smallest absolute Gasteiger partial charge is 0.149 e. The van der Waals surface area contributed by atoms with Gasteiger partial charge in [0.25, 0.3) is 0 Å². The monoisotopic (exact) mass is 225 g/mol. The Morgan fingerprint density at radius 2 is 1.93 bits per heavy atom. The summed E-state index contributed by atoms with van der Waals surface area (Å²) in [4.78, 5) is 0. The van der Waals surface area contributed by atoms with E-state index in [1.165, 1.54) is 0 Å². The molecule has 0 saturated heterocycles. The van der Waals surface area contributed by atoms with Crippen LogP contribution in [0.4, 0.5) is 19.5 Å². The first-order chi connectivity index (χ1) is 7.06. The van der Waals surface area contributed by atoms with E-state index in [-0.39, 0.29) is 26.3 Å². The summed E-state index contributed by atoms with van der Waals surface area (Å²) in [6, 6.07) is 2.47. The molecule has 0 radical (unpaired) electrons. The molecule has 76 valence electrons. The largest absolute Gasteiger partial charge is 0.396 e. The zero-order valence-corrected chi connectivity index (χ0v) is 8.16. The lowest BCUT2D eigenvalue weighted by atomic mass is 10.1. The van der Waals surface area contributed by atoms with Crippen LogP contribution in [0.15, 0.2) is 6.07 Å². The van der Waals surface area contributed by atoms with Gasteiger partial charge >= 0.3 is 0 Å². The van der Waals surface area contributed by atoms with Crippen molar-refractivity contribution in [3.8, 4) is 6.07 Å². The van der Waals surface area contributed by atoms with Crippen LogP contribution in [0.5, 0.6) is 0 Å². The van der Waals surface area contributed by atoms with Crippen LogP contribution in [0.2, 0.25) is 0 Å². The number of anilines is 2. The van der Waals surface area contributed by atoms with Crippen LogP contribution in [0.25, 0.3) is 10.1 Å². The summed E-state index contributed by atoms with van der Waals surface area (Å²) >= 11 is 0.886. The molecule has 3 nitrogen and oxygen atoms in total. The Hall–Kier alpha value is -1.87. The van der Waals surface area contributed by atoms with Crippen LogP contribution in [-0.2, 0) is 0 Å². The minimum absolute atomic E-state index is 0.0332. The van der Waals surface area contributed by atoms with E-state index in [4.69, 9.17) is 16.7 Å². The maximum atomic E-state index is 13.3. The van der Waals surface area contributed by atoms with Crippen molar-refractivity contribution < 1.29 is 8.78 Å². The Morgan fingerprint density at radius 3 is 2.53 bits per heavy atom. The molecule has 1 heterocycles. The normalized spacial score (nSPS) is 10.5. The number of halogens is 2. The van der Waals surface area contributed by atoms with Crippen molar-refractivity contribution in [1.82, 2.24) is 0 Å². The van der Waals surface area contributed by atoms with Gasteiger partial charge in [0.05, 0.1) is 16.0 Å². The summed E-state index contributed by atoms with van der Waals surface area (Å²) in [5.74, 6) is -1.63. The summed E-state index contributed by atoms with van der Waals surface area (Å²) in [6.45, 7) is 0. The molecule has 0 atom stereocenters. The standard InChI is InChI=1S/C9H5F2N3S/c10-4-1-5(11)8-6(7(4)13)3(2-12)9(14)15-8/h1H,13-14H2. The molecule has 0 unspecified atom stereocenters. The van der Waals surface area contributed by atoms with Crippen molar-refractivity contribution in [1.29, 1.82) is 5.26 Å². The topological polar surface area (TPSA) is 75.8 Å². The third kappa shape index (κ3) is 1.21. The predicted molar refractivity (Wildman–Crippen MR) is 55.3 cm³/mol. The number of benzene rings is 1. The lowest BCUT2D eigenvalue weighted by Crippen LogP contribution is -1.94. The van der Waals surface area contributed by atoms with E-state index in [0.717, 1.165) is 11.3 Å². The molecule has 6 heteroatoms. The number of nitriles is 1. The van der Waals surface area contributed by atoms with E-state index in [2.05, 4.69) is 0 Å². The highest BCUT2D eigenvalue weighted by atomic mass is 32.1. The first-order valence-corrected chi connectivity index (χ1v) is 4.73. The Bertz CT molecular complexity index is 598. The average molecular weight is 225 g/mol. The second-order valence-electron chi connectivity index (χ2n) is 2.91. The van der Waals surface area contributed by atoms with E-state index in [9.17, 15) is 8.78 Å². The average Bonchev–Trinajstić information content (AvgIpc) is 2.52. The van der Waals surface area contributed by atoms with Crippen molar-refractivity contribution in [3.63, 3.8) is 0 Å². The van der Waals surface area contributed by atoms with Gasteiger partial charge in [0, 0.05) is 11.5 Å². The SMILES string of the molecule is N#Cc1c(N)sc2c(F)cc(F)c(N)c12. The molecule has 2 aromatic rings. The molecule has 0 aliphatic heterocycles. The summed E-state index contributed by atoms with van der Waals surface area (Å²) < 4.78 is 26.5. The third-order valence-corrected chi connectivity index (χ3v) is 3.07. The van der Waals surface area contributed by atoms with Gasteiger partial charge < -0.3 is 11.5 Å². The van der Waals surface area contributed by atoms with E-state index in [0.29, 0.717) is 6.07 Å². The third-order valence-electron chi connectivity index (χ3n) is 2.04. The first kappa shape index (κ1) is 9.68. The Labute approximate surface area is 87.5 Å². The summed E-state index contributed by atoms with van der Waals surface area (Å²) in [7, 11) is 0. The maximum absolute atomic E-state index is 13.3. The molecule has 0 spiro atoms. The van der Waals surface area contributed by atoms with Crippen molar-refractivity contribution >= 4 is 32.1 Å². The molecule has 0 bridgehead atoms. The van der Waals surface area contributed by atoms with E-state index in [1.54, 1.807) is 6.07 Å². The van der Waals surface area contributed by atoms with Crippen molar-refractivity contribution in [2.24, 2.45) is 0 Å². The molecular formula is C9H5F2N3S. The fraction of sp³-hybridized carbons (Fsp3) is 0. The van der Waals surface area contributed by atoms with Crippen molar-refractivity contribution in [3.05, 3.63) is 23.3 Å². The van der Waals surface area contributed by atoms with Gasteiger partial charge in [-0.25, -0.2) is 8.78 Å². The van der Waals surface area contributed by atoms with Crippen LogP contribution < -0.4 is 11.5 Å². The second-order valence-corrected chi connectivity index (χ2v) is 3.96. The number of fused-ring (bicyclic) bond motifs is 1. The molecule has 15 heavy (non-hydrogen) atoms. The molecule has 1 aromatic heterocycles. The van der Waals surface area contributed by atoms with Gasteiger partial charge in [-0.1, -0.05) is 0 Å². The molecule has 0 aliphatic rings. The fourth-order valence-corrected chi connectivity index (χ4v) is 2.30. The lowest BCUT2D eigenvalue weighted by molar-refractivity contribution is 0.596. The van der Waals surface area contributed by atoms with Crippen LogP contribution in [0, 0.1) is 23.0 Å². The van der Waals surface area contributed by atoms with Gasteiger partial charge in [-0.3, -0.25) is 0 Å². The fourth-order valence-electron chi connectivity index (χ4n) is 1.36. The molecule has 2 rings (SSSR count). The van der Waals surface area contributed by atoms with Crippen LogP contribution in [-0.4, -0.2) is 0 Å². The predicted octanol–water partition coefficient (Wildman–Crippen LogP) is 2.22. The minimum Gasteiger partial charge on any atom is -0.396 e. The Morgan fingerprint density at radius 1 is 1.27 bits per heavy atom. The lowest BCUT2D eigenvalue weighted by Gasteiger charge is -1.99. The van der Waals surface area contributed by atoms with E-state index < -0.39 is 11.6 Å². The zero-order chi connectivity index (χ0) is 11.2. The maximum Gasteiger partial charge on any atom is 0.149 e. The summed E-state index contributed by atoms with van der Waals surface area (Å²) in [6.07, 6.45) is 0. The number of nitrogens with two attached hydrogens (primary N) is 2. The number of thiophene rings is 1. The zero-order valence-electron chi connectivity index (χ0n) is 7.34. The molecule has 0 fully saturated rings. The molecule has 0 saturated carbocycles. The first-order valence-electron chi connectivity index (χ1n) is 3.91. The number of hydrogen-bond acceptors (Lipinski definition) is 4. The van der Waals surface area contributed by atoms with Crippen LogP contribution in [0.1, 0.15) is 5.56 Å². The van der Waals surface area contributed by atoms with Gasteiger partial charge in [0.2, 0.25) is 0 Å². The molecular weight excluding hydrogens is 220 g/mol. The highest BCUT2D eigenvalue weighted by Crippen LogP contribution is 2.39. The molecule has 4 N–H and O–H groups in total. The number of hydrogen-bond donors (Lipinski definition) is 2. The van der Waals surface area contributed by atoms with Crippen molar-refractivity contribution in [2.45, 2.75) is 0 Å². The quantitative estimate of drug-likeness (QED) is 0.675. The van der Waals surface area contributed by atoms with E-state index >= 15 is 0 Å². The number of nitrogen functional groups attached to an aromatic ring is 2. The highest BCUT2D eigenvalue weighted by molar-refractivity contribution is 7.23. The molecule has 0 amide bonds.